The van der Waals surface area contributed by atoms with E-state index in [9.17, 15) is 9.59 Å². The predicted molar refractivity (Wildman–Crippen MR) is 121 cm³/mol. The zero-order chi connectivity index (χ0) is 21.5. The standard InChI is InChI=1S/C23H28ClN3O3/c1-16-14-18(8-9-19(16)24)30-13-5-6-22(28)26-20-15-17(23(25)29)7-10-21(20)27-11-3-2-4-12-27/h7-10,14-15H,2-6,11-13H2,1H3,(H2,25,29)(H,26,28). The Hall–Kier alpha value is -2.73. The molecule has 0 aromatic heterocycles. The summed E-state index contributed by atoms with van der Waals surface area (Å²) in [6.45, 7) is 4.22. The molecule has 0 bridgehead atoms. The zero-order valence-corrected chi connectivity index (χ0v) is 18.0. The van der Waals surface area contributed by atoms with Crippen LogP contribution in [-0.2, 0) is 4.79 Å². The first kappa shape index (κ1) is 22.0. The van der Waals surface area contributed by atoms with Gasteiger partial charge in [0.05, 0.1) is 18.0 Å². The highest BCUT2D eigenvalue weighted by atomic mass is 35.5. The van der Waals surface area contributed by atoms with E-state index in [1.807, 2.05) is 25.1 Å². The van der Waals surface area contributed by atoms with E-state index in [1.54, 1.807) is 18.2 Å². The summed E-state index contributed by atoms with van der Waals surface area (Å²) in [4.78, 5) is 26.4. The van der Waals surface area contributed by atoms with Crippen LogP contribution < -0.4 is 20.7 Å². The molecule has 1 aliphatic heterocycles. The number of hydrogen-bond acceptors (Lipinski definition) is 4. The van der Waals surface area contributed by atoms with Crippen LogP contribution in [0.1, 0.15) is 48.0 Å². The highest BCUT2D eigenvalue weighted by molar-refractivity contribution is 6.31. The van der Waals surface area contributed by atoms with Gasteiger partial charge in [-0.3, -0.25) is 9.59 Å². The smallest absolute Gasteiger partial charge is 0.248 e. The Kier molecular flexibility index (Phi) is 7.57. The van der Waals surface area contributed by atoms with Crippen molar-refractivity contribution in [2.45, 2.75) is 39.0 Å². The van der Waals surface area contributed by atoms with Crippen molar-refractivity contribution in [2.75, 3.05) is 29.9 Å². The van der Waals surface area contributed by atoms with Crippen molar-refractivity contribution in [1.29, 1.82) is 0 Å². The SMILES string of the molecule is Cc1cc(OCCCC(=O)Nc2cc(C(N)=O)ccc2N2CCCCC2)ccc1Cl. The minimum Gasteiger partial charge on any atom is -0.494 e. The molecule has 1 aliphatic rings. The summed E-state index contributed by atoms with van der Waals surface area (Å²) >= 11 is 6.02. The molecule has 3 N–H and O–H groups in total. The fraction of sp³-hybridized carbons (Fsp3) is 0.391. The van der Waals surface area contributed by atoms with Gasteiger partial charge in [0.1, 0.15) is 5.75 Å². The van der Waals surface area contributed by atoms with Gasteiger partial charge in [0.2, 0.25) is 11.8 Å². The summed E-state index contributed by atoms with van der Waals surface area (Å²) in [5.74, 6) is 0.104. The molecule has 2 aromatic rings. The van der Waals surface area contributed by atoms with Gasteiger partial charge in [-0.05, 0) is 74.6 Å². The molecule has 30 heavy (non-hydrogen) atoms. The molecule has 7 heteroatoms. The van der Waals surface area contributed by atoms with Crippen molar-refractivity contribution >= 4 is 34.8 Å². The van der Waals surface area contributed by atoms with E-state index in [4.69, 9.17) is 22.1 Å². The highest BCUT2D eigenvalue weighted by Crippen LogP contribution is 2.30. The monoisotopic (exact) mass is 429 g/mol. The number of nitrogens with two attached hydrogens (primary N) is 1. The van der Waals surface area contributed by atoms with Crippen LogP contribution in [0.2, 0.25) is 5.02 Å². The molecule has 1 saturated heterocycles. The number of primary amides is 1. The van der Waals surface area contributed by atoms with Gasteiger partial charge in [0, 0.05) is 30.1 Å². The lowest BCUT2D eigenvalue weighted by molar-refractivity contribution is -0.116. The number of ether oxygens (including phenoxy) is 1. The zero-order valence-electron chi connectivity index (χ0n) is 17.2. The molecule has 6 nitrogen and oxygen atoms in total. The second-order valence-corrected chi connectivity index (χ2v) is 7.96. The molecule has 0 atom stereocenters. The molecule has 160 valence electrons. The number of halogens is 1. The molecule has 1 heterocycles. The Morgan fingerprint density at radius 1 is 1.13 bits per heavy atom. The number of nitrogens with one attached hydrogen (secondary N) is 1. The van der Waals surface area contributed by atoms with Crippen LogP contribution in [0.25, 0.3) is 0 Å². The van der Waals surface area contributed by atoms with Gasteiger partial charge >= 0.3 is 0 Å². The summed E-state index contributed by atoms with van der Waals surface area (Å²) in [7, 11) is 0. The van der Waals surface area contributed by atoms with E-state index in [2.05, 4.69) is 10.2 Å². The molecule has 0 saturated carbocycles. The van der Waals surface area contributed by atoms with E-state index in [0.717, 1.165) is 42.9 Å². The van der Waals surface area contributed by atoms with Crippen molar-refractivity contribution in [3.8, 4) is 5.75 Å². The number of nitrogens with zero attached hydrogens (tertiary/aromatic N) is 1. The Bertz CT molecular complexity index is 911. The van der Waals surface area contributed by atoms with E-state index in [-0.39, 0.29) is 5.91 Å². The van der Waals surface area contributed by atoms with Crippen molar-refractivity contribution in [2.24, 2.45) is 5.73 Å². The molecule has 2 amide bonds. The van der Waals surface area contributed by atoms with E-state index in [1.165, 1.54) is 6.42 Å². The van der Waals surface area contributed by atoms with Crippen LogP contribution in [0.5, 0.6) is 5.75 Å². The third-order valence-electron chi connectivity index (χ3n) is 5.20. The minimum absolute atomic E-state index is 0.120. The Morgan fingerprint density at radius 3 is 2.60 bits per heavy atom. The lowest BCUT2D eigenvalue weighted by Gasteiger charge is -2.30. The van der Waals surface area contributed by atoms with Crippen LogP contribution in [0.3, 0.4) is 0 Å². The molecule has 0 aliphatic carbocycles. The second kappa shape index (κ2) is 10.3. The number of rotatable bonds is 8. The molecule has 2 aromatic carbocycles. The van der Waals surface area contributed by atoms with E-state index < -0.39 is 5.91 Å². The Labute approximate surface area is 182 Å². The lowest BCUT2D eigenvalue weighted by atomic mass is 10.1. The maximum absolute atomic E-state index is 12.5. The number of anilines is 2. The number of amides is 2. The summed E-state index contributed by atoms with van der Waals surface area (Å²) in [6, 6.07) is 10.7. The minimum atomic E-state index is -0.512. The number of carbonyl (C=O) groups excluding carboxylic acids is 2. The quantitative estimate of drug-likeness (QED) is 0.603. The lowest BCUT2D eigenvalue weighted by Crippen LogP contribution is -2.30. The first-order valence-electron chi connectivity index (χ1n) is 10.3. The molecule has 0 spiro atoms. The normalized spacial score (nSPS) is 13.7. The Morgan fingerprint density at radius 2 is 1.90 bits per heavy atom. The van der Waals surface area contributed by atoms with Crippen LogP contribution in [0.4, 0.5) is 11.4 Å². The molecular formula is C23H28ClN3O3. The average Bonchev–Trinajstić information content (AvgIpc) is 2.74. The van der Waals surface area contributed by atoms with Gasteiger partial charge in [0.15, 0.2) is 0 Å². The number of benzene rings is 2. The largest absolute Gasteiger partial charge is 0.494 e. The summed E-state index contributed by atoms with van der Waals surface area (Å²) < 4.78 is 5.70. The maximum Gasteiger partial charge on any atom is 0.248 e. The van der Waals surface area contributed by atoms with E-state index in [0.29, 0.717) is 35.7 Å². The van der Waals surface area contributed by atoms with Gasteiger partial charge in [-0.2, -0.15) is 0 Å². The summed E-state index contributed by atoms with van der Waals surface area (Å²) in [6.07, 6.45) is 4.33. The second-order valence-electron chi connectivity index (χ2n) is 7.56. The number of piperidine rings is 1. The number of hydrogen-bond donors (Lipinski definition) is 2. The van der Waals surface area contributed by atoms with Crippen molar-refractivity contribution in [3.63, 3.8) is 0 Å². The first-order valence-corrected chi connectivity index (χ1v) is 10.7. The molecule has 1 fully saturated rings. The number of aryl methyl sites for hydroxylation is 1. The average molecular weight is 430 g/mol. The molecule has 0 unspecified atom stereocenters. The van der Waals surface area contributed by atoms with Crippen LogP contribution in [0.15, 0.2) is 36.4 Å². The topological polar surface area (TPSA) is 84.7 Å². The van der Waals surface area contributed by atoms with Gasteiger partial charge < -0.3 is 20.7 Å². The highest BCUT2D eigenvalue weighted by Gasteiger charge is 2.17. The van der Waals surface area contributed by atoms with Crippen LogP contribution in [0, 0.1) is 6.92 Å². The molecular weight excluding hydrogens is 402 g/mol. The fourth-order valence-corrected chi connectivity index (χ4v) is 3.66. The summed E-state index contributed by atoms with van der Waals surface area (Å²) in [5, 5.41) is 3.66. The predicted octanol–water partition coefficient (Wildman–Crippen LogP) is 4.54. The van der Waals surface area contributed by atoms with Gasteiger partial charge in [-0.15, -0.1) is 0 Å². The van der Waals surface area contributed by atoms with Gasteiger partial charge in [-0.25, -0.2) is 0 Å². The van der Waals surface area contributed by atoms with Crippen LogP contribution in [-0.4, -0.2) is 31.5 Å². The van der Waals surface area contributed by atoms with Crippen molar-refractivity contribution < 1.29 is 14.3 Å². The fourth-order valence-electron chi connectivity index (χ4n) is 3.54. The van der Waals surface area contributed by atoms with E-state index >= 15 is 0 Å². The number of carbonyl (C=O) groups is 2. The Balaban J connectivity index is 1.58. The van der Waals surface area contributed by atoms with Gasteiger partial charge in [-0.1, -0.05) is 11.6 Å². The van der Waals surface area contributed by atoms with Gasteiger partial charge in [0.25, 0.3) is 0 Å². The van der Waals surface area contributed by atoms with Crippen LogP contribution >= 0.6 is 11.6 Å². The summed E-state index contributed by atoms with van der Waals surface area (Å²) in [5.41, 5.74) is 8.32. The third kappa shape index (κ3) is 5.89. The van der Waals surface area contributed by atoms with Crippen molar-refractivity contribution in [1.82, 2.24) is 0 Å². The molecule has 3 rings (SSSR count). The van der Waals surface area contributed by atoms with Crippen molar-refractivity contribution in [3.05, 3.63) is 52.5 Å². The molecule has 0 radical (unpaired) electrons. The first-order chi connectivity index (χ1) is 14.4. The maximum atomic E-state index is 12.5. The third-order valence-corrected chi connectivity index (χ3v) is 5.62.